The van der Waals surface area contributed by atoms with E-state index in [1.54, 1.807) is 18.2 Å². The molecule has 2 aromatic carbocycles. The summed E-state index contributed by atoms with van der Waals surface area (Å²) < 4.78 is 44.4. The summed E-state index contributed by atoms with van der Waals surface area (Å²) in [6.07, 6.45) is -4.44. The molecule has 0 aliphatic rings. The Bertz CT molecular complexity index is 614. The zero-order valence-electron chi connectivity index (χ0n) is 10.0. The molecule has 0 aromatic heterocycles. The van der Waals surface area contributed by atoms with Gasteiger partial charge < -0.3 is 4.74 Å². The van der Waals surface area contributed by atoms with Gasteiger partial charge in [-0.05, 0) is 24.3 Å². The molecule has 0 saturated heterocycles. The summed E-state index contributed by atoms with van der Waals surface area (Å²) in [6, 6.07) is 10.2. The van der Waals surface area contributed by atoms with Crippen LogP contribution in [0.25, 0.3) is 0 Å². The fraction of sp³-hybridized carbons (Fsp3) is 0.143. The van der Waals surface area contributed by atoms with Crippen LogP contribution in [0, 0.1) is 0 Å². The predicted molar refractivity (Wildman–Crippen MR) is 74.9 cm³/mol. The standard InChI is InChI=1S/C14H9BrClF3O/c15-10-6-5-9(12(16)7-10)8-20-13-4-2-1-3-11(13)14(17,18)19/h1-7H,8H2. The van der Waals surface area contributed by atoms with Gasteiger partial charge in [0.1, 0.15) is 12.4 Å². The SMILES string of the molecule is FC(F)(F)c1ccccc1OCc1ccc(Br)cc1Cl. The molecule has 0 fully saturated rings. The zero-order valence-corrected chi connectivity index (χ0v) is 12.4. The van der Waals surface area contributed by atoms with Gasteiger partial charge >= 0.3 is 6.18 Å². The highest BCUT2D eigenvalue weighted by Crippen LogP contribution is 2.36. The molecule has 2 aromatic rings. The number of ether oxygens (including phenoxy) is 1. The Kier molecular flexibility index (Phi) is 4.60. The maximum absolute atomic E-state index is 12.8. The van der Waals surface area contributed by atoms with Gasteiger partial charge in [-0.2, -0.15) is 13.2 Å². The minimum atomic E-state index is -4.44. The van der Waals surface area contributed by atoms with Crippen molar-refractivity contribution >= 4 is 27.5 Å². The fourth-order valence-electron chi connectivity index (χ4n) is 1.62. The van der Waals surface area contributed by atoms with Crippen LogP contribution >= 0.6 is 27.5 Å². The Morgan fingerprint density at radius 2 is 1.80 bits per heavy atom. The molecule has 0 radical (unpaired) electrons. The Labute approximate surface area is 127 Å². The quantitative estimate of drug-likeness (QED) is 0.678. The predicted octanol–water partition coefficient (Wildman–Crippen LogP) is 5.70. The summed E-state index contributed by atoms with van der Waals surface area (Å²) in [5.74, 6) is -0.209. The summed E-state index contributed by atoms with van der Waals surface area (Å²) in [4.78, 5) is 0. The van der Waals surface area contributed by atoms with E-state index in [0.717, 1.165) is 10.5 Å². The van der Waals surface area contributed by atoms with Crippen molar-refractivity contribution in [2.45, 2.75) is 12.8 Å². The van der Waals surface area contributed by atoms with Gasteiger partial charge in [-0.25, -0.2) is 0 Å². The largest absolute Gasteiger partial charge is 0.488 e. The highest BCUT2D eigenvalue weighted by molar-refractivity contribution is 9.10. The van der Waals surface area contributed by atoms with E-state index in [-0.39, 0.29) is 12.4 Å². The molecule has 2 rings (SSSR count). The lowest BCUT2D eigenvalue weighted by Gasteiger charge is -2.14. The summed E-state index contributed by atoms with van der Waals surface area (Å²) in [5, 5.41) is 0.434. The van der Waals surface area contributed by atoms with Gasteiger partial charge in [-0.15, -0.1) is 0 Å². The van der Waals surface area contributed by atoms with E-state index < -0.39 is 11.7 Å². The summed E-state index contributed by atoms with van der Waals surface area (Å²) >= 11 is 9.25. The number of benzene rings is 2. The molecule has 0 saturated carbocycles. The molecule has 106 valence electrons. The lowest BCUT2D eigenvalue weighted by atomic mass is 10.2. The average molecular weight is 366 g/mol. The minimum absolute atomic E-state index is 0.0286. The van der Waals surface area contributed by atoms with Crippen LogP contribution in [-0.2, 0) is 12.8 Å². The van der Waals surface area contributed by atoms with Gasteiger partial charge in [0, 0.05) is 15.1 Å². The molecule has 0 bridgehead atoms. The molecule has 0 aliphatic carbocycles. The van der Waals surface area contributed by atoms with Crippen LogP contribution in [0.3, 0.4) is 0 Å². The van der Waals surface area contributed by atoms with Gasteiger partial charge in [-0.3, -0.25) is 0 Å². The minimum Gasteiger partial charge on any atom is -0.488 e. The second-order valence-electron chi connectivity index (χ2n) is 4.02. The van der Waals surface area contributed by atoms with Gasteiger partial charge in [0.25, 0.3) is 0 Å². The summed E-state index contributed by atoms with van der Waals surface area (Å²) in [7, 11) is 0. The Balaban J connectivity index is 2.19. The first-order valence-electron chi connectivity index (χ1n) is 5.61. The van der Waals surface area contributed by atoms with E-state index in [0.29, 0.717) is 10.6 Å². The summed E-state index contributed by atoms with van der Waals surface area (Å²) in [6.45, 7) is -0.0286. The van der Waals surface area contributed by atoms with Crippen molar-refractivity contribution in [1.29, 1.82) is 0 Å². The molecule has 0 amide bonds. The topological polar surface area (TPSA) is 9.23 Å². The Morgan fingerprint density at radius 3 is 2.45 bits per heavy atom. The molecule has 0 aliphatic heterocycles. The maximum atomic E-state index is 12.8. The summed E-state index contributed by atoms with van der Waals surface area (Å²) in [5.41, 5.74) is -0.180. The van der Waals surface area contributed by atoms with Crippen molar-refractivity contribution < 1.29 is 17.9 Å². The normalized spacial score (nSPS) is 11.4. The molecule has 0 N–H and O–H groups in total. The number of halogens is 5. The van der Waals surface area contributed by atoms with Crippen LogP contribution in [0.2, 0.25) is 5.02 Å². The molecule has 0 atom stereocenters. The fourth-order valence-corrected chi connectivity index (χ4v) is 2.35. The maximum Gasteiger partial charge on any atom is 0.419 e. The van der Waals surface area contributed by atoms with Crippen molar-refractivity contribution in [2.75, 3.05) is 0 Å². The van der Waals surface area contributed by atoms with Gasteiger partial charge in [0.05, 0.1) is 5.56 Å². The van der Waals surface area contributed by atoms with E-state index in [1.807, 2.05) is 0 Å². The van der Waals surface area contributed by atoms with Crippen LogP contribution in [0.15, 0.2) is 46.9 Å². The van der Waals surface area contributed by atoms with Crippen molar-refractivity contribution in [3.63, 3.8) is 0 Å². The molecule has 0 spiro atoms. The monoisotopic (exact) mass is 364 g/mol. The first kappa shape index (κ1) is 15.2. The average Bonchev–Trinajstić information content (AvgIpc) is 2.37. The molecular weight excluding hydrogens is 357 g/mol. The first-order chi connectivity index (χ1) is 9.38. The number of para-hydroxylation sites is 1. The van der Waals surface area contributed by atoms with Crippen LogP contribution in [0.5, 0.6) is 5.75 Å². The van der Waals surface area contributed by atoms with E-state index in [9.17, 15) is 13.2 Å². The van der Waals surface area contributed by atoms with E-state index in [2.05, 4.69) is 15.9 Å². The molecule has 20 heavy (non-hydrogen) atoms. The van der Waals surface area contributed by atoms with Gasteiger partial charge in [0.15, 0.2) is 0 Å². The number of alkyl halides is 3. The molecular formula is C14H9BrClF3O. The molecule has 0 heterocycles. The second kappa shape index (κ2) is 6.06. The van der Waals surface area contributed by atoms with E-state index in [4.69, 9.17) is 16.3 Å². The third kappa shape index (κ3) is 3.67. The number of hydrogen-bond donors (Lipinski definition) is 0. The van der Waals surface area contributed by atoms with Crippen LogP contribution < -0.4 is 4.74 Å². The third-order valence-corrected chi connectivity index (χ3v) is 3.44. The molecule has 0 unspecified atom stereocenters. The smallest absolute Gasteiger partial charge is 0.419 e. The van der Waals surface area contributed by atoms with Crippen molar-refractivity contribution in [1.82, 2.24) is 0 Å². The van der Waals surface area contributed by atoms with Crippen molar-refractivity contribution in [2.24, 2.45) is 0 Å². The molecule has 1 nitrogen and oxygen atoms in total. The highest BCUT2D eigenvalue weighted by atomic mass is 79.9. The second-order valence-corrected chi connectivity index (χ2v) is 5.34. The Morgan fingerprint density at radius 1 is 1.10 bits per heavy atom. The Hall–Kier alpha value is -1.20. The van der Waals surface area contributed by atoms with Crippen LogP contribution in [-0.4, -0.2) is 0 Å². The van der Waals surface area contributed by atoms with E-state index >= 15 is 0 Å². The van der Waals surface area contributed by atoms with Crippen molar-refractivity contribution in [3.8, 4) is 5.75 Å². The van der Waals surface area contributed by atoms with Crippen LogP contribution in [0.1, 0.15) is 11.1 Å². The van der Waals surface area contributed by atoms with Gasteiger partial charge in [-0.1, -0.05) is 45.7 Å². The zero-order chi connectivity index (χ0) is 14.8. The molecule has 6 heteroatoms. The third-order valence-electron chi connectivity index (χ3n) is 2.59. The lowest BCUT2D eigenvalue weighted by Crippen LogP contribution is -2.08. The van der Waals surface area contributed by atoms with E-state index in [1.165, 1.54) is 18.2 Å². The number of hydrogen-bond acceptors (Lipinski definition) is 1. The lowest BCUT2D eigenvalue weighted by molar-refractivity contribution is -0.139. The van der Waals surface area contributed by atoms with Gasteiger partial charge in [0.2, 0.25) is 0 Å². The van der Waals surface area contributed by atoms with Crippen molar-refractivity contribution in [3.05, 3.63) is 63.1 Å². The number of rotatable bonds is 3. The first-order valence-corrected chi connectivity index (χ1v) is 6.78. The van der Waals surface area contributed by atoms with Crippen LogP contribution in [0.4, 0.5) is 13.2 Å². The highest BCUT2D eigenvalue weighted by Gasteiger charge is 2.34.